The molecule has 0 radical (unpaired) electrons. The predicted molar refractivity (Wildman–Crippen MR) is 212 cm³/mol. The second kappa shape index (κ2) is 11.8. The first-order chi connectivity index (χ1) is 24.6. The van der Waals surface area contributed by atoms with E-state index in [1.165, 1.54) is 97.9 Å². The molecule has 1 aromatic heterocycles. The highest BCUT2D eigenvalue weighted by Crippen LogP contribution is 2.46. The first-order valence-electron chi connectivity index (χ1n) is 18.8. The van der Waals surface area contributed by atoms with Crippen molar-refractivity contribution in [2.24, 2.45) is 11.8 Å². The fourth-order valence-corrected chi connectivity index (χ4v) is 9.82. The summed E-state index contributed by atoms with van der Waals surface area (Å²) in [7, 11) is 0. The molecule has 3 aliphatic carbocycles. The lowest BCUT2D eigenvalue weighted by Gasteiger charge is -2.41. The van der Waals surface area contributed by atoms with Crippen LogP contribution in [0, 0.1) is 11.8 Å². The van der Waals surface area contributed by atoms with Crippen LogP contribution in [0.1, 0.15) is 79.2 Å². The Hall–Kier alpha value is -5.08. The maximum Gasteiger partial charge on any atom is 0.0544 e. The van der Waals surface area contributed by atoms with Crippen LogP contribution < -0.4 is 4.90 Å². The summed E-state index contributed by atoms with van der Waals surface area (Å²) in [5.41, 5.74) is 14.9. The normalized spacial score (nSPS) is 23.9. The molecule has 2 heteroatoms. The number of fused-ring (bicyclic) bond motifs is 6. The monoisotopic (exact) mass is 648 g/mol. The van der Waals surface area contributed by atoms with Crippen LogP contribution in [-0.4, -0.2) is 10.6 Å². The summed E-state index contributed by atoms with van der Waals surface area (Å²) in [5, 5.41) is 2.65. The molecule has 0 bridgehead atoms. The molecule has 0 amide bonds. The topological polar surface area (TPSA) is 8.17 Å². The predicted octanol–water partition coefficient (Wildman–Crippen LogP) is 12.5. The Morgan fingerprint density at radius 2 is 1.50 bits per heavy atom. The van der Waals surface area contributed by atoms with Crippen molar-refractivity contribution in [2.45, 2.75) is 63.8 Å². The van der Waals surface area contributed by atoms with Crippen molar-refractivity contribution < 1.29 is 0 Å². The van der Waals surface area contributed by atoms with Crippen LogP contribution in [0.15, 0.2) is 133 Å². The molecule has 6 aromatic rings. The van der Waals surface area contributed by atoms with Gasteiger partial charge < -0.3 is 9.47 Å². The third-order valence-corrected chi connectivity index (χ3v) is 12.4. The lowest BCUT2D eigenvalue weighted by Crippen LogP contribution is -2.39. The van der Waals surface area contributed by atoms with E-state index >= 15 is 0 Å². The molecule has 4 aliphatic rings. The van der Waals surface area contributed by atoms with E-state index in [1.807, 2.05) is 0 Å². The highest BCUT2D eigenvalue weighted by molar-refractivity contribution is 6.10. The Kier molecular flexibility index (Phi) is 7.01. The number of rotatable bonds is 4. The van der Waals surface area contributed by atoms with Crippen molar-refractivity contribution >= 4 is 44.8 Å². The average molecular weight is 649 g/mol. The fraction of sp³-hybridized carbons (Fsp3) is 0.250. The van der Waals surface area contributed by atoms with Crippen LogP contribution in [0.2, 0.25) is 0 Å². The van der Waals surface area contributed by atoms with Gasteiger partial charge in [-0.05, 0) is 125 Å². The molecule has 1 aliphatic heterocycles. The molecule has 10 rings (SSSR count). The Morgan fingerprint density at radius 1 is 0.700 bits per heavy atom. The van der Waals surface area contributed by atoms with Crippen LogP contribution in [0.3, 0.4) is 0 Å². The van der Waals surface area contributed by atoms with Gasteiger partial charge in [0.05, 0.1) is 11.0 Å². The molecule has 50 heavy (non-hydrogen) atoms. The van der Waals surface area contributed by atoms with Crippen molar-refractivity contribution in [1.29, 1.82) is 0 Å². The standard InChI is InChI=1S/C48H44N2/c1-31-9-7-11-36-29-44-42-13-4-6-15-47(42)50(48(44)30-43(31)36)40-24-19-34(20-25-40)41-26-21-35(27-32(41)2)33-17-22-39(23-18-33)49-45-14-5-3-10-37(45)28-38-12-8-16-46(38)49/h3-7,10-11,13-15,17-27,29-32,38,41,46H,8-9,12,16,28H2,1-2H3. The fourth-order valence-electron chi connectivity index (χ4n) is 9.82. The Balaban J connectivity index is 0.922. The zero-order valence-electron chi connectivity index (χ0n) is 29.1. The van der Waals surface area contributed by atoms with E-state index in [2.05, 4.69) is 163 Å². The summed E-state index contributed by atoms with van der Waals surface area (Å²) in [6.07, 6.45) is 18.2. The highest BCUT2D eigenvalue weighted by atomic mass is 15.2. The lowest BCUT2D eigenvalue weighted by atomic mass is 9.81. The molecule has 0 saturated heterocycles. The number of aromatic nitrogens is 1. The largest absolute Gasteiger partial charge is 0.338 e. The van der Waals surface area contributed by atoms with E-state index in [0.717, 1.165) is 12.3 Å². The summed E-state index contributed by atoms with van der Waals surface area (Å²) in [6.45, 7) is 4.72. The Labute approximate surface area is 296 Å². The molecule has 0 N–H and O–H groups in total. The van der Waals surface area contributed by atoms with Crippen LogP contribution in [0.5, 0.6) is 0 Å². The minimum Gasteiger partial charge on any atom is -0.338 e. The van der Waals surface area contributed by atoms with Crippen LogP contribution >= 0.6 is 0 Å². The lowest BCUT2D eigenvalue weighted by molar-refractivity contribution is 0.453. The summed E-state index contributed by atoms with van der Waals surface area (Å²) >= 11 is 0. The first kappa shape index (κ1) is 29.8. The molecule has 0 spiro atoms. The molecule has 5 atom stereocenters. The van der Waals surface area contributed by atoms with Crippen molar-refractivity contribution in [3.05, 3.63) is 161 Å². The minimum absolute atomic E-state index is 0.356. The molecular weight excluding hydrogens is 605 g/mol. The van der Waals surface area contributed by atoms with Gasteiger partial charge in [0.1, 0.15) is 0 Å². The van der Waals surface area contributed by atoms with Gasteiger partial charge in [-0.2, -0.15) is 0 Å². The third kappa shape index (κ3) is 4.76. The maximum atomic E-state index is 2.65. The quantitative estimate of drug-likeness (QED) is 0.185. The number of hydrogen-bond acceptors (Lipinski definition) is 1. The summed E-state index contributed by atoms with van der Waals surface area (Å²) in [6, 6.07) is 42.2. The van der Waals surface area contributed by atoms with Crippen molar-refractivity contribution in [1.82, 2.24) is 4.57 Å². The van der Waals surface area contributed by atoms with E-state index < -0.39 is 0 Å². The van der Waals surface area contributed by atoms with E-state index in [0.29, 0.717) is 23.8 Å². The van der Waals surface area contributed by atoms with Gasteiger partial charge in [-0.3, -0.25) is 0 Å². The zero-order valence-corrected chi connectivity index (χ0v) is 29.1. The molecule has 2 nitrogen and oxygen atoms in total. The van der Waals surface area contributed by atoms with Crippen LogP contribution in [-0.2, 0) is 6.42 Å². The van der Waals surface area contributed by atoms with Gasteiger partial charge in [-0.15, -0.1) is 0 Å². The van der Waals surface area contributed by atoms with E-state index in [-0.39, 0.29) is 0 Å². The number of hydrogen-bond donors (Lipinski definition) is 0. The average Bonchev–Trinajstić information content (AvgIpc) is 3.75. The number of nitrogens with zero attached hydrogens (tertiary/aromatic N) is 2. The van der Waals surface area contributed by atoms with Crippen molar-refractivity contribution in [3.8, 4) is 5.69 Å². The van der Waals surface area contributed by atoms with Gasteiger partial charge in [0.15, 0.2) is 0 Å². The molecule has 2 heterocycles. The SMILES string of the molecule is CC1CC=Cc2cc3c4ccccc4n(-c4ccc(C5C=CC(c6ccc(N7c8ccccc8CC8CCCC87)cc6)=CC5C)cc4)c3cc21. The molecular formula is C48H44N2. The van der Waals surface area contributed by atoms with E-state index in [9.17, 15) is 0 Å². The van der Waals surface area contributed by atoms with Gasteiger partial charge in [-0.25, -0.2) is 0 Å². The second-order valence-corrected chi connectivity index (χ2v) is 15.4. The summed E-state index contributed by atoms with van der Waals surface area (Å²) in [5.74, 6) is 2.07. The zero-order chi connectivity index (χ0) is 33.3. The molecule has 5 unspecified atom stereocenters. The number of anilines is 2. The number of para-hydroxylation sites is 2. The summed E-state index contributed by atoms with van der Waals surface area (Å²) < 4.78 is 2.47. The minimum atomic E-state index is 0.356. The summed E-state index contributed by atoms with van der Waals surface area (Å²) in [4.78, 5) is 2.65. The van der Waals surface area contributed by atoms with Crippen molar-refractivity contribution in [2.75, 3.05) is 4.90 Å². The van der Waals surface area contributed by atoms with Crippen LogP contribution in [0.25, 0.3) is 39.1 Å². The van der Waals surface area contributed by atoms with Gasteiger partial charge in [-0.1, -0.05) is 111 Å². The third-order valence-electron chi connectivity index (χ3n) is 12.4. The Bertz CT molecular complexity index is 2350. The maximum absolute atomic E-state index is 2.65. The molecule has 1 fully saturated rings. The first-order valence-corrected chi connectivity index (χ1v) is 18.8. The van der Waals surface area contributed by atoms with E-state index in [1.54, 1.807) is 0 Å². The highest BCUT2D eigenvalue weighted by Gasteiger charge is 2.38. The Morgan fingerprint density at radius 3 is 2.36 bits per heavy atom. The smallest absolute Gasteiger partial charge is 0.0544 e. The van der Waals surface area contributed by atoms with Gasteiger partial charge in [0.2, 0.25) is 0 Å². The van der Waals surface area contributed by atoms with Gasteiger partial charge in [0.25, 0.3) is 0 Å². The van der Waals surface area contributed by atoms with Gasteiger partial charge in [0, 0.05) is 39.8 Å². The second-order valence-electron chi connectivity index (χ2n) is 15.4. The number of benzene rings is 5. The van der Waals surface area contributed by atoms with Gasteiger partial charge >= 0.3 is 0 Å². The molecule has 5 aromatic carbocycles. The van der Waals surface area contributed by atoms with E-state index in [4.69, 9.17) is 0 Å². The van der Waals surface area contributed by atoms with Crippen LogP contribution in [0.4, 0.5) is 11.4 Å². The van der Waals surface area contributed by atoms with Crippen molar-refractivity contribution in [3.63, 3.8) is 0 Å². The number of allylic oxidation sites excluding steroid dienone is 5. The molecule has 1 saturated carbocycles. The molecule has 246 valence electrons.